The number of likely N-dealkylation sites (N-methyl/N-ethyl adjacent to an activating group) is 1. The molecule has 4 heteroatoms. The van der Waals surface area contributed by atoms with Crippen molar-refractivity contribution in [2.75, 3.05) is 17.3 Å². The van der Waals surface area contributed by atoms with Crippen LogP contribution in [-0.2, 0) is 4.79 Å². The van der Waals surface area contributed by atoms with E-state index < -0.39 is 0 Å². The molecule has 0 fully saturated rings. The van der Waals surface area contributed by atoms with Gasteiger partial charge in [-0.25, -0.2) is 0 Å². The van der Waals surface area contributed by atoms with Gasteiger partial charge in [0.1, 0.15) is 6.04 Å². The van der Waals surface area contributed by atoms with E-state index >= 15 is 0 Å². The molecule has 1 aromatic carbocycles. The fourth-order valence-corrected chi connectivity index (χ4v) is 2.40. The number of carbonyl (C=O) groups is 1. The summed E-state index contributed by atoms with van der Waals surface area (Å²) in [6.45, 7) is 4.09. The molecule has 3 nitrogen and oxygen atoms in total. The van der Waals surface area contributed by atoms with Crippen LogP contribution in [0.5, 0.6) is 0 Å². The van der Waals surface area contributed by atoms with Crippen LogP contribution in [0, 0.1) is 5.92 Å². The van der Waals surface area contributed by atoms with Gasteiger partial charge in [-0.1, -0.05) is 19.9 Å². The van der Waals surface area contributed by atoms with Gasteiger partial charge in [0.25, 0.3) is 0 Å². The second-order valence-electron chi connectivity index (χ2n) is 4.40. The Morgan fingerprint density at radius 3 is 2.75 bits per heavy atom. The lowest BCUT2D eigenvalue weighted by molar-refractivity contribution is -0.120. The molecule has 1 amide bonds. The molecule has 1 aromatic rings. The van der Waals surface area contributed by atoms with E-state index in [1.165, 1.54) is 0 Å². The first-order chi connectivity index (χ1) is 7.52. The van der Waals surface area contributed by atoms with Crippen molar-refractivity contribution in [1.29, 1.82) is 0 Å². The molecule has 0 radical (unpaired) electrons. The molecule has 86 valence electrons. The number of nitrogens with zero attached hydrogens (tertiary/aromatic N) is 1. The number of carbonyl (C=O) groups excluding carboxylic acids is 1. The van der Waals surface area contributed by atoms with Gasteiger partial charge in [0.05, 0.1) is 11.4 Å². The zero-order valence-electron chi connectivity index (χ0n) is 9.62. The standard InChI is InChI=1S/C12H15BrN2O/c1-7(2)10-12(16)15(3)9-6-4-5-8(13)11(9)14-10/h4-7,10,14H,1-3H3. The van der Waals surface area contributed by atoms with Gasteiger partial charge in [0, 0.05) is 11.5 Å². The molecule has 1 N–H and O–H groups in total. The first-order valence-electron chi connectivity index (χ1n) is 5.35. The third kappa shape index (κ3) is 1.71. The van der Waals surface area contributed by atoms with E-state index in [9.17, 15) is 4.79 Å². The van der Waals surface area contributed by atoms with Crippen molar-refractivity contribution in [2.45, 2.75) is 19.9 Å². The molecular formula is C12H15BrN2O. The Labute approximate surface area is 104 Å². The van der Waals surface area contributed by atoms with E-state index in [1.54, 1.807) is 4.90 Å². The van der Waals surface area contributed by atoms with Gasteiger partial charge in [-0.2, -0.15) is 0 Å². The van der Waals surface area contributed by atoms with Crippen molar-refractivity contribution in [2.24, 2.45) is 5.92 Å². The second-order valence-corrected chi connectivity index (χ2v) is 5.25. The van der Waals surface area contributed by atoms with E-state index in [0.29, 0.717) is 0 Å². The molecule has 1 unspecified atom stereocenters. The fraction of sp³-hybridized carbons (Fsp3) is 0.417. The topological polar surface area (TPSA) is 32.3 Å². The maximum atomic E-state index is 12.1. The molecule has 0 bridgehead atoms. The third-order valence-corrected chi connectivity index (χ3v) is 3.58. The van der Waals surface area contributed by atoms with Gasteiger partial charge in [-0.05, 0) is 34.0 Å². The number of fused-ring (bicyclic) bond motifs is 1. The summed E-state index contributed by atoms with van der Waals surface area (Å²) >= 11 is 3.51. The van der Waals surface area contributed by atoms with Crippen LogP contribution in [0.15, 0.2) is 22.7 Å². The van der Waals surface area contributed by atoms with E-state index in [0.717, 1.165) is 15.8 Å². The van der Waals surface area contributed by atoms with E-state index in [4.69, 9.17) is 0 Å². The molecule has 1 aliphatic heterocycles. The minimum Gasteiger partial charge on any atom is -0.371 e. The smallest absolute Gasteiger partial charge is 0.249 e. The molecular weight excluding hydrogens is 268 g/mol. The van der Waals surface area contributed by atoms with Crippen LogP contribution in [0.1, 0.15) is 13.8 Å². The summed E-state index contributed by atoms with van der Waals surface area (Å²) < 4.78 is 0.995. The maximum Gasteiger partial charge on any atom is 0.249 e. The summed E-state index contributed by atoms with van der Waals surface area (Å²) in [5, 5.41) is 3.31. The Morgan fingerprint density at radius 2 is 2.12 bits per heavy atom. The molecule has 0 aliphatic carbocycles. The van der Waals surface area contributed by atoms with Crippen LogP contribution in [0.4, 0.5) is 11.4 Å². The van der Waals surface area contributed by atoms with Crippen molar-refractivity contribution in [1.82, 2.24) is 0 Å². The summed E-state index contributed by atoms with van der Waals surface area (Å²) in [4.78, 5) is 13.8. The van der Waals surface area contributed by atoms with E-state index in [2.05, 4.69) is 21.2 Å². The van der Waals surface area contributed by atoms with Crippen LogP contribution in [-0.4, -0.2) is 19.0 Å². The lowest BCUT2D eigenvalue weighted by Crippen LogP contribution is -2.47. The predicted octanol–water partition coefficient (Wildman–Crippen LogP) is 2.86. The number of anilines is 2. The zero-order chi connectivity index (χ0) is 11.9. The average Bonchev–Trinajstić information content (AvgIpc) is 2.23. The number of benzene rings is 1. The number of nitrogens with one attached hydrogen (secondary N) is 1. The van der Waals surface area contributed by atoms with Crippen molar-refractivity contribution in [3.05, 3.63) is 22.7 Å². The lowest BCUT2D eigenvalue weighted by Gasteiger charge is -2.35. The summed E-state index contributed by atoms with van der Waals surface area (Å²) in [5.74, 6) is 0.399. The van der Waals surface area contributed by atoms with Crippen LogP contribution < -0.4 is 10.2 Å². The number of halogens is 1. The van der Waals surface area contributed by atoms with Gasteiger partial charge in [0.2, 0.25) is 5.91 Å². The van der Waals surface area contributed by atoms with E-state index in [1.807, 2.05) is 39.1 Å². The largest absolute Gasteiger partial charge is 0.371 e. The molecule has 0 spiro atoms. The highest BCUT2D eigenvalue weighted by molar-refractivity contribution is 9.10. The van der Waals surface area contributed by atoms with Crippen molar-refractivity contribution >= 4 is 33.2 Å². The summed E-state index contributed by atoms with van der Waals surface area (Å²) in [5.41, 5.74) is 1.93. The molecule has 1 atom stereocenters. The number of rotatable bonds is 1. The quantitative estimate of drug-likeness (QED) is 0.859. The molecule has 2 rings (SSSR count). The van der Waals surface area contributed by atoms with Crippen LogP contribution in [0.2, 0.25) is 0 Å². The van der Waals surface area contributed by atoms with Crippen molar-refractivity contribution < 1.29 is 4.79 Å². The molecule has 16 heavy (non-hydrogen) atoms. The highest BCUT2D eigenvalue weighted by Crippen LogP contribution is 2.37. The van der Waals surface area contributed by atoms with Gasteiger partial charge < -0.3 is 10.2 Å². The molecule has 1 aliphatic rings. The average molecular weight is 283 g/mol. The van der Waals surface area contributed by atoms with Crippen LogP contribution >= 0.6 is 15.9 Å². The van der Waals surface area contributed by atoms with Gasteiger partial charge in [-0.15, -0.1) is 0 Å². The monoisotopic (exact) mass is 282 g/mol. The Kier molecular flexibility index (Phi) is 2.93. The minimum atomic E-state index is -0.142. The lowest BCUT2D eigenvalue weighted by atomic mass is 9.99. The first kappa shape index (κ1) is 11.5. The maximum absolute atomic E-state index is 12.1. The highest BCUT2D eigenvalue weighted by Gasteiger charge is 2.32. The Hall–Kier alpha value is -1.03. The first-order valence-corrected chi connectivity index (χ1v) is 6.14. The Morgan fingerprint density at radius 1 is 1.44 bits per heavy atom. The van der Waals surface area contributed by atoms with Gasteiger partial charge >= 0.3 is 0 Å². The number of amides is 1. The number of hydrogen-bond donors (Lipinski definition) is 1. The molecule has 0 aromatic heterocycles. The fourth-order valence-electron chi connectivity index (χ4n) is 1.93. The third-order valence-electron chi connectivity index (χ3n) is 2.92. The molecule has 0 saturated carbocycles. The number of hydrogen-bond acceptors (Lipinski definition) is 2. The SMILES string of the molecule is CC(C)C1Nc2c(Br)cccc2N(C)C1=O. The molecule has 1 heterocycles. The summed E-state index contributed by atoms with van der Waals surface area (Å²) in [6.07, 6.45) is 0. The second kappa shape index (κ2) is 4.09. The highest BCUT2D eigenvalue weighted by atomic mass is 79.9. The normalized spacial score (nSPS) is 19.7. The van der Waals surface area contributed by atoms with E-state index in [-0.39, 0.29) is 17.9 Å². The van der Waals surface area contributed by atoms with Gasteiger partial charge in [-0.3, -0.25) is 4.79 Å². The van der Waals surface area contributed by atoms with Crippen LogP contribution in [0.3, 0.4) is 0 Å². The number of para-hydroxylation sites is 1. The zero-order valence-corrected chi connectivity index (χ0v) is 11.2. The predicted molar refractivity (Wildman–Crippen MR) is 69.8 cm³/mol. The van der Waals surface area contributed by atoms with Crippen molar-refractivity contribution in [3.8, 4) is 0 Å². The summed E-state index contributed by atoms with van der Waals surface area (Å²) in [7, 11) is 1.82. The summed E-state index contributed by atoms with van der Waals surface area (Å²) in [6, 6.07) is 5.72. The minimum absolute atomic E-state index is 0.126. The van der Waals surface area contributed by atoms with Gasteiger partial charge in [0.15, 0.2) is 0 Å². The molecule has 0 saturated heterocycles. The Bertz CT molecular complexity index is 431. The Balaban J connectivity index is 2.48. The van der Waals surface area contributed by atoms with Crippen LogP contribution in [0.25, 0.3) is 0 Å². The van der Waals surface area contributed by atoms with Crippen molar-refractivity contribution in [3.63, 3.8) is 0 Å².